The Balaban J connectivity index is 1.86. The largest absolute Gasteiger partial charge is 0.507 e. The highest BCUT2D eigenvalue weighted by Crippen LogP contribution is 2.43. The van der Waals surface area contributed by atoms with Crippen LogP contribution < -0.4 is 9.47 Å². The molecule has 1 N–H and O–H groups in total. The number of rotatable bonds is 7. The van der Waals surface area contributed by atoms with Gasteiger partial charge in [0.25, 0.3) is 11.7 Å². The predicted molar refractivity (Wildman–Crippen MR) is 129 cm³/mol. The van der Waals surface area contributed by atoms with Crippen LogP contribution in [0, 0.1) is 0 Å². The number of aliphatic hydroxyl groups excluding tert-OH is 1. The fourth-order valence-electron chi connectivity index (χ4n) is 4.42. The zero-order chi connectivity index (χ0) is 24.4. The summed E-state index contributed by atoms with van der Waals surface area (Å²) in [5, 5.41) is 11.8. The number of carbonyl (C=O) groups is 2. The number of hydrogen-bond acceptors (Lipinski definition) is 6. The first kappa shape index (κ1) is 24.4. The van der Waals surface area contributed by atoms with Crippen LogP contribution in [-0.2, 0) is 14.3 Å². The van der Waals surface area contributed by atoms with Crippen molar-refractivity contribution in [2.45, 2.75) is 31.9 Å². The molecule has 2 aromatic carbocycles. The van der Waals surface area contributed by atoms with Gasteiger partial charge >= 0.3 is 0 Å². The van der Waals surface area contributed by atoms with Crippen molar-refractivity contribution in [3.05, 3.63) is 63.1 Å². The molecule has 1 amide bonds. The average Bonchev–Trinajstić information content (AvgIpc) is 3.41. The number of aliphatic hydroxyl groups is 1. The maximum atomic E-state index is 13.2. The van der Waals surface area contributed by atoms with E-state index >= 15 is 0 Å². The van der Waals surface area contributed by atoms with Gasteiger partial charge in [-0.25, -0.2) is 0 Å². The van der Waals surface area contributed by atoms with E-state index in [0.29, 0.717) is 24.5 Å². The smallest absolute Gasteiger partial charge is 0.295 e. The molecule has 4 rings (SSSR count). The summed E-state index contributed by atoms with van der Waals surface area (Å²) in [6.45, 7) is 3.23. The molecule has 2 saturated heterocycles. The van der Waals surface area contributed by atoms with Gasteiger partial charge in [0.2, 0.25) is 0 Å². The third-order valence-corrected chi connectivity index (χ3v) is 6.44. The van der Waals surface area contributed by atoms with E-state index < -0.39 is 23.5 Å². The monoisotopic (exact) mass is 505 g/mol. The molecule has 2 aliphatic heterocycles. The molecule has 180 valence electrons. The molecule has 0 radical (unpaired) electrons. The molecule has 0 spiro atoms. The number of nitrogens with zero attached hydrogens (tertiary/aromatic N) is 1. The van der Waals surface area contributed by atoms with E-state index in [4.69, 9.17) is 37.4 Å². The van der Waals surface area contributed by atoms with Crippen LogP contribution in [0.3, 0.4) is 0 Å². The summed E-state index contributed by atoms with van der Waals surface area (Å²) in [5.41, 5.74) is 0.712. The molecule has 9 heteroatoms. The van der Waals surface area contributed by atoms with Crippen LogP contribution in [0.25, 0.3) is 5.76 Å². The van der Waals surface area contributed by atoms with Crippen LogP contribution in [0.1, 0.15) is 36.9 Å². The number of Topliss-reactive ketones (excluding diaryl/α,β-unsaturated/α-hetero) is 1. The van der Waals surface area contributed by atoms with E-state index in [9.17, 15) is 14.7 Å². The Bertz CT molecular complexity index is 1120. The molecular weight excluding hydrogens is 481 g/mol. The Labute approximate surface area is 207 Å². The number of ether oxygens (including phenoxy) is 3. The second-order valence-electron chi connectivity index (χ2n) is 8.06. The van der Waals surface area contributed by atoms with E-state index in [-0.39, 0.29) is 39.6 Å². The van der Waals surface area contributed by atoms with E-state index in [1.807, 2.05) is 6.92 Å². The summed E-state index contributed by atoms with van der Waals surface area (Å²) < 4.78 is 16.6. The van der Waals surface area contributed by atoms with Crippen molar-refractivity contribution in [2.24, 2.45) is 0 Å². The molecule has 0 bridgehead atoms. The molecule has 2 unspecified atom stereocenters. The number of benzene rings is 2. The van der Waals surface area contributed by atoms with Crippen molar-refractivity contribution in [1.82, 2.24) is 4.90 Å². The minimum absolute atomic E-state index is 0.0659. The zero-order valence-corrected chi connectivity index (χ0v) is 20.4. The summed E-state index contributed by atoms with van der Waals surface area (Å²) >= 11 is 12.4. The average molecular weight is 506 g/mol. The van der Waals surface area contributed by atoms with Gasteiger partial charge in [0.05, 0.1) is 42.0 Å². The van der Waals surface area contributed by atoms with Gasteiger partial charge in [-0.1, -0.05) is 35.3 Å². The first-order valence-corrected chi connectivity index (χ1v) is 11.8. The Morgan fingerprint density at radius 2 is 1.94 bits per heavy atom. The highest BCUT2D eigenvalue weighted by molar-refractivity contribution is 6.46. The van der Waals surface area contributed by atoms with Gasteiger partial charge in [0.15, 0.2) is 0 Å². The van der Waals surface area contributed by atoms with Gasteiger partial charge < -0.3 is 24.2 Å². The third-order valence-electron chi connectivity index (χ3n) is 5.94. The van der Waals surface area contributed by atoms with Crippen LogP contribution in [0.15, 0.2) is 42.0 Å². The first-order chi connectivity index (χ1) is 16.3. The number of ketones is 1. The van der Waals surface area contributed by atoms with Gasteiger partial charge in [-0.3, -0.25) is 9.59 Å². The molecule has 2 heterocycles. The van der Waals surface area contributed by atoms with Crippen molar-refractivity contribution in [3.63, 3.8) is 0 Å². The van der Waals surface area contributed by atoms with Gasteiger partial charge in [0.1, 0.15) is 17.3 Å². The fourth-order valence-corrected chi connectivity index (χ4v) is 4.99. The molecule has 0 aliphatic carbocycles. The Hall–Kier alpha value is -2.74. The first-order valence-electron chi connectivity index (χ1n) is 11.0. The summed E-state index contributed by atoms with van der Waals surface area (Å²) in [4.78, 5) is 27.9. The lowest BCUT2D eigenvalue weighted by molar-refractivity contribution is -0.140. The molecule has 0 aromatic heterocycles. The second kappa shape index (κ2) is 10.3. The number of halogens is 2. The van der Waals surface area contributed by atoms with Gasteiger partial charge in [-0.2, -0.15) is 0 Å². The molecular formula is C25H25Cl2NO6. The molecule has 2 atom stereocenters. The lowest BCUT2D eigenvalue weighted by Crippen LogP contribution is -2.36. The number of amides is 1. The van der Waals surface area contributed by atoms with Crippen molar-refractivity contribution >= 4 is 40.7 Å². The number of carbonyl (C=O) groups excluding carboxylic acids is 2. The van der Waals surface area contributed by atoms with E-state index in [2.05, 4.69) is 0 Å². The molecule has 34 heavy (non-hydrogen) atoms. The van der Waals surface area contributed by atoms with Crippen LogP contribution in [-0.4, -0.2) is 54.7 Å². The molecule has 0 saturated carbocycles. The number of hydrogen-bond donors (Lipinski definition) is 1. The summed E-state index contributed by atoms with van der Waals surface area (Å²) in [7, 11) is 1.39. The lowest BCUT2D eigenvalue weighted by Gasteiger charge is -2.27. The van der Waals surface area contributed by atoms with Gasteiger partial charge in [-0.05, 0) is 49.6 Å². The van der Waals surface area contributed by atoms with Crippen LogP contribution in [0.5, 0.6) is 11.5 Å². The third kappa shape index (κ3) is 4.60. The van der Waals surface area contributed by atoms with Crippen molar-refractivity contribution < 1.29 is 28.9 Å². The van der Waals surface area contributed by atoms with Crippen molar-refractivity contribution in [3.8, 4) is 11.5 Å². The maximum Gasteiger partial charge on any atom is 0.295 e. The van der Waals surface area contributed by atoms with Gasteiger partial charge in [-0.15, -0.1) is 0 Å². The molecule has 7 nitrogen and oxygen atoms in total. The highest BCUT2D eigenvalue weighted by atomic mass is 35.5. The highest BCUT2D eigenvalue weighted by Gasteiger charge is 2.47. The normalized spacial score (nSPS) is 21.8. The van der Waals surface area contributed by atoms with E-state index in [1.54, 1.807) is 24.3 Å². The SMILES string of the molecule is CCOc1ccc(C2/C(=C(\O)c3cc(Cl)cc(Cl)c3OC)C(=O)C(=O)N2CC2CCCO2)cc1. The number of likely N-dealkylation sites (tertiary alicyclic amines) is 1. The van der Waals surface area contributed by atoms with Crippen molar-refractivity contribution in [1.29, 1.82) is 0 Å². The standard InChI is InChI=1S/C25H25Cl2NO6/c1-3-33-16-8-6-14(7-9-16)21-20(22(29)18-11-15(26)12-19(27)24(18)32-2)23(30)25(31)28(21)13-17-5-4-10-34-17/h6-9,11-12,17,21,29H,3-5,10,13H2,1-2H3/b22-20+. The Morgan fingerprint density at radius 1 is 1.21 bits per heavy atom. The lowest BCUT2D eigenvalue weighted by atomic mass is 9.94. The maximum absolute atomic E-state index is 13.2. The van der Waals surface area contributed by atoms with Crippen LogP contribution in [0.4, 0.5) is 0 Å². The minimum atomic E-state index is -0.831. The second-order valence-corrected chi connectivity index (χ2v) is 8.90. The zero-order valence-electron chi connectivity index (χ0n) is 18.8. The summed E-state index contributed by atoms with van der Waals surface area (Å²) in [6, 6.07) is 9.17. The quantitative estimate of drug-likeness (QED) is 0.323. The Kier molecular flexibility index (Phi) is 7.36. The summed E-state index contributed by atoms with van der Waals surface area (Å²) in [6.07, 6.45) is 1.50. The van der Waals surface area contributed by atoms with Crippen LogP contribution >= 0.6 is 23.2 Å². The molecule has 2 fully saturated rings. The minimum Gasteiger partial charge on any atom is -0.507 e. The fraction of sp³-hybridized carbons (Fsp3) is 0.360. The summed E-state index contributed by atoms with van der Waals surface area (Å²) in [5.74, 6) is -1.10. The van der Waals surface area contributed by atoms with E-state index in [1.165, 1.54) is 24.1 Å². The topological polar surface area (TPSA) is 85.3 Å². The van der Waals surface area contributed by atoms with Gasteiger partial charge in [0, 0.05) is 18.2 Å². The number of methoxy groups -OCH3 is 1. The molecule has 2 aliphatic rings. The predicted octanol–water partition coefficient (Wildman–Crippen LogP) is 5.00. The van der Waals surface area contributed by atoms with Crippen LogP contribution in [0.2, 0.25) is 10.0 Å². The van der Waals surface area contributed by atoms with Crippen molar-refractivity contribution in [2.75, 3.05) is 26.9 Å². The Morgan fingerprint density at radius 3 is 2.56 bits per heavy atom. The van der Waals surface area contributed by atoms with E-state index in [0.717, 1.165) is 12.8 Å². The molecule has 2 aromatic rings.